The van der Waals surface area contributed by atoms with E-state index in [1.807, 2.05) is 0 Å². The molecule has 3 N–H and O–H groups in total. The van der Waals surface area contributed by atoms with E-state index in [4.69, 9.17) is 9.47 Å². The molecular formula is C24H34N4O6. The van der Waals surface area contributed by atoms with Crippen molar-refractivity contribution in [1.29, 1.82) is 0 Å². The Balaban J connectivity index is 2.13. The van der Waals surface area contributed by atoms with E-state index in [0.29, 0.717) is 11.4 Å². The number of benzene rings is 1. The third-order valence-corrected chi connectivity index (χ3v) is 5.40. The normalized spacial score (nSPS) is 18.0. The van der Waals surface area contributed by atoms with Gasteiger partial charge in [0.1, 0.15) is 17.8 Å². The quantitative estimate of drug-likeness (QED) is 0.391. The summed E-state index contributed by atoms with van der Waals surface area (Å²) in [6.45, 7) is 7.30. The highest BCUT2D eigenvalue weighted by Crippen LogP contribution is 2.21. The minimum atomic E-state index is -0.847. The third kappa shape index (κ3) is 7.23. The number of allylic oxidation sites excluding steroid dienone is 1. The number of nitrogens with one attached hydrogen (secondary N) is 3. The van der Waals surface area contributed by atoms with E-state index < -0.39 is 36.0 Å². The lowest BCUT2D eigenvalue weighted by molar-refractivity contribution is -0.147. The SMILES string of the molecule is COC(=O)C(NC(=O)C1CC(NC(=O)Nc2ccc(OC)cc2)CN1C(=O)C=C(C)C)C(C)C. The summed E-state index contributed by atoms with van der Waals surface area (Å²) in [5, 5.41) is 8.25. The molecule has 1 aliphatic heterocycles. The Labute approximate surface area is 200 Å². The van der Waals surface area contributed by atoms with Crippen LogP contribution in [0.3, 0.4) is 0 Å². The number of methoxy groups -OCH3 is 2. The second kappa shape index (κ2) is 12.1. The van der Waals surface area contributed by atoms with Gasteiger partial charge in [-0.2, -0.15) is 0 Å². The van der Waals surface area contributed by atoms with Gasteiger partial charge in [0.2, 0.25) is 11.8 Å². The molecule has 1 aromatic carbocycles. The number of hydrogen-bond donors (Lipinski definition) is 3. The van der Waals surface area contributed by atoms with Crippen LogP contribution in [0.25, 0.3) is 0 Å². The molecule has 10 nitrogen and oxygen atoms in total. The zero-order chi connectivity index (χ0) is 25.4. The van der Waals surface area contributed by atoms with Crippen LogP contribution in [-0.4, -0.2) is 67.6 Å². The Hall–Kier alpha value is -3.56. The molecule has 0 aliphatic carbocycles. The minimum absolute atomic E-state index is 0.154. The van der Waals surface area contributed by atoms with Crippen LogP contribution in [0.4, 0.5) is 10.5 Å². The fraction of sp³-hybridized carbons (Fsp3) is 0.500. The number of likely N-dealkylation sites (tertiary alicyclic amines) is 1. The largest absolute Gasteiger partial charge is 0.497 e. The number of nitrogens with zero attached hydrogens (tertiary/aromatic N) is 1. The standard InChI is InChI=1S/C24H34N4O6/c1-14(2)11-20(29)28-13-17(26-24(32)25-16-7-9-18(33-5)10-8-16)12-19(28)22(30)27-21(15(3)4)23(31)34-6/h7-11,15,17,19,21H,12-13H2,1-6H3,(H,27,30)(H2,25,26,32). The van der Waals surface area contributed by atoms with Crippen molar-refractivity contribution in [3.63, 3.8) is 0 Å². The molecule has 3 unspecified atom stereocenters. The van der Waals surface area contributed by atoms with Crippen LogP contribution < -0.4 is 20.7 Å². The molecule has 34 heavy (non-hydrogen) atoms. The number of urea groups is 1. The number of ether oxygens (including phenoxy) is 2. The number of amides is 4. The van der Waals surface area contributed by atoms with E-state index >= 15 is 0 Å². The van der Waals surface area contributed by atoms with Crippen LogP contribution in [0.5, 0.6) is 5.75 Å². The highest BCUT2D eigenvalue weighted by Gasteiger charge is 2.41. The monoisotopic (exact) mass is 474 g/mol. The van der Waals surface area contributed by atoms with Crippen molar-refractivity contribution >= 4 is 29.5 Å². The van der Waals surface area contributed by atoms with Crippen molar-refractivity contribution in [2.24, 2.45) is 5.92 Å². The molecule has 3 atom stereocenters. The Morgan fingerprint density at radius 2 is 1.74 bits per heavy atom. The van der Waals surface area contributed by atoms with Crippen molar-refractivity contribution < 1.29 is 28.7 Å². The van der Waals surface area contributed by atoms with Crippen molar-refractivity contribution in [2.45, 2.75) is 52.2 Å². The first-order chi connectivity index (χ1) is 16.0. The van der Waals surface area contributed by atoms with Gasteiger partial charge in [-0.1, -0.05) is 19.4 Å². The summed E-state index contributed by atoms with van der Waals surface area (Å²) in [4.78, 5) is 51.9. The molecule has 0 bridgehead atoms. The zero-order valence-corrected chi connectivity index (χ0v) is 20.5. The molecule has 0 aromatic heterocycles. The van der Waals surface area contributed by atoms with Gasteiger partial charge in [0.15, 0.2) is 0 Å². The Kier molecular flexibility index (Phi) is 9.47. The van der Waals surface area contributed by atoms with Crippen LogP contribution in [0.1, 0.15) is 34.1 Å². The molecule has 0 saturated carbocycles. The average Bonchev–Trinajstić information content (AvgIpc) is 3.20. The smallest absolute Gasteiger partial charge is 0.328 e. The molecule has 4 amide bonds. The summed E-state index contributed by atoms with van der Waals surface area (Å²) in [7, 11) is 2.81. The van der Waals surface area contributed by atoms with Crippen molar-refractivity contribution in [1.82, 2.24) is 15.5 Å². The van der Waals surface area contributed by atoms with E-state index in [-0.39, 0.29) is 24.8 Å². The van der Waals surface area contributed by atoms with Crippen molar-refractivity contribution in [3.8, 4) is 5.75 Å². The van der Waals surface area contributed by atoms with Gasteiger partial charge in [-0.25, -0.2) is 9.59 Å². The highest BCUT2D eigenvalue weighted by molar-refractivity contribution is 5.95. The van der Waals surface area contributed by atoms with Gasteiger partial charge in [0, 0.05) is 18.3 Å². The van der Waals surface area contributed by atoms with Crippen LogP contribution >= 0.6 is 0 Å². The molecule has 1 fully saturated rings. The zero-order valence-electron chi connectivity index (χ0n) is 20.5. The molecule has 0 spiro atoms. The first-order valence-corrected chi connectivity index (χ1v) is 11.1. The molecular weight excluding hydrogens is 440 g/mol. The van der Waals surface area contributed by atoms with Crippen LogP contribution in [0.2, 0.25) is 0 Å². The van der Waals surface area contributed by atoms with E-state index in [9.17, 15) is 19.2 Å². The number of anilines is 1. The molecule has 0 radical (unpaired) electrons. The lowest BCUT2D eigenvalue weighted by Gasteiger charge is -2.26. The first-order valence-electron chi connectivity index (χ1n) is 11.1. The van der Waals surface area contributed by atoms with Gasteiger partial charge < -0.3 is 30.3 Å². The van der Waals surface area contributed by atoms with Gasteiger partial charge in [-0.3, -0.25) is 9.59 Å². The maximum absolute atomic E-state index is 13.1. The second-order valence-corrected chi connectivity index (χ2v) is 8.74. The number of carbonyl (C=O) groups excluding carboxylic acids is 4. The maximum atomic E-state index is 13.1. The number of rotatable bonds is 8. The van der Waals surface area contributed by atoms with Crippen molar-refractivity contribution in [2.75, 3.05) is 26.1 Å². The Morgan fingerprint density at radius 3 is 2.26 bits per heavy atom. The second-order valence-electron chi connectivity index (χ2n) is 8.74. The highest BCUT2D eigenvalue weighted by atomic mass is 16.5. The van der Waals surface area contributed by atoms with Crippen LogP contribution in [0.15, 0.2) is 35.9 Å². The fourth-order valence-corrected chi connectivity index (χ4v) is 3.66. The molecule has 2 rings (SSSR count). The molecule has 10 heteroatoms. The van der Waals surface area contributed by atoms with E-state index in [2.05, 4.69) is 16.0 Å². The van der Waals surface area contributed by atoms with Gasteiger partial charge in [0.25, 0.3) is 0 Å². The van der Waals surface area contributed by atoms with E-state index in [1.54, 1.807) is 59.1 Å². The predicted molar refractivity (Wildman–Crippen MR) is 127 cm³/mol. The summed E-state index contributed by atoms with van der Waals surface area (Å²) < 4.78 is 9.90. The third-order valence-electron chi connectivity index (χ3n) is 5.40. The molecule has 1 aromatic rings. The lowest BCUT2D eigenvalue weighted by Crippen LogP contribution is -2.52. The summed E-state index contributed by atoms with van der Waals surface area (Å²) in [5.74, 6) is -0.907. The first kappa shape index (κ1) is 26.7. The number of hydrogen-bond acceptors (Lipinski definition) is 6. The summed E-state index contributed by atoms with van der Waals surface area (Å²) in [6.07, 6.45) is 1.65. The molecule has 1 heterocycles. The minimum Gasteiger partial charge on any atom is -0.497 e. The van der Waals surface area contributed by atoms with E-state index in [0.717, 1.165) is 5.57 Å². The molecule has 186 valence electrons. The molecule has 1 aliphatic rings. The Morgan fingerprint density at radius 1 is 1.09 bits per heavy atom. The number of esters is 1. The summed E-state index contributed by atoms with van der Waals surface area (Å²) in [5.41, 5.74) is 1.35. The van der Waals surface area contributed by atoms with Crippen LogP contribution in [-0.2, 0) is 19.1 Å². The van der Waals surface area contributed by atoms with Gasteiger partial charge in [-0.15, -0.1) is 0 Å². The van der Waals surface area contributed by atoms with Crippen LogP contribution in [0, 0.1) is 5.92 Å². The predicted octanol–water partition coefficient (Wildman–Crippen LogP) is 2.07. The fourth-order valence-electron chi connectivity index (χ4n) is 3.66. The lowest BCUT2D eigenvalue weighted by atomic mass is 10.0. The Bertz CT molecular complexity index is 924. The average molecular weight is 475 g/mol. The van der Waals surface area contributed by atoms with Crippen molar-refractivity contribution in [3.05, 3.63) is 35.9 Å². The molecule has 1 saturated heterocycles. The topological polar surface area (TPSA) is 126 Å². The van der Waals surface area contributed by atoms with Gasteiger partial charge in [0.05, 0.1) is 20.3 Å². The van der Waals surface area contributed by atoms with Gasteiger partial charge in [-0.05, 0) is 50.5 Å². The number of carbonyl (C=O) groups is 4. The maximum Gasteiger partial charge on any atom is 0.328 e. The summed E-state index contributed by atoms with van der Waals surface area (Å²) in [6, 6.07) is 4.23. The van der Waals surface area contributed by atoms with Gasteiger partial charge >= 0.3 is 12.0 Å². The summed E-state index contributed by atoms with van der Waals surface area (Å²) >= 11 is 0. The van der Waals surface area contributed by atoms with E-state index in [1.165, 1.54) is 18.1 Å².